The molecule has 1 atom stereocenters. The van der Waals surface area contributed by atoms with E-state index in [-0.39, 0.29) is 22.8 Å². The number of nitrogens with one attached hydrogen (secondary N) is 3. The molecule has 5 rings (SSSR count). The number of fused-ring (bicyclic) bond motifs is 1. The maximum absolute atomic E-state index is 13.4. The largest absolute Gasteiger partial charge is 0.325 e. The van der Waals surface area contributed by atoms with Crippen LogP contribution in [0, 0.1) is 0 Å². The van der Waals surface area contributed by atoms with Gasteiger partial charge in [-0.15, -0.1) is 11.8 Å². The lowest BCUT2D eigenvalue weighted by atomic mass is 10.1. The van der Waals surface area contributed by atoms with Gasteiger partial charge in [0.15, 0.2) is 0 Å². The average molecular weight is 572 g/mol. The number of carbonyl (C=O) groups excluding carboxylic acids is 3. The van der Waals surface area contributed by atoms with Crippen molar-refractivity contribution >= 4 is 57.7 Å². The van der Waals surface area contributed by atoms with Crippen LogP contribution < -0.4 is 16.0 Å². The van der Waals surface area contributed by atoms with Crippen molar-refractivity contribution in [3.63, 3.8) is 0 Å². The highest BCUT2D eigenvalue weighted by molar-refractivity contribution is 8.00. The molecule has 0 saturated carbocycles. The molecule has 3 amide bonds. The highest BCUT2D eigenvalue weighted by Crippen LogP contribution is 2.27. The first-order chi connectivity index (χ1) is 20.4. The fraction of sp³-hybridized carbons (Fsp3) is 0.0571. The Hall–Kier alpha value is -5.14. The van der Waals surface area contributed by atoms with Gasteiger partial charge in [0.1, 0.15) is 5.70 Å². The van der Waals surface area contributed by atoms with Gasteiger partial charge in [0, 0.05) is 21.8 Å². The van der Waals surface area contributed by atoms with Crippen molar-refractivity contribution in [2.75, 3.05) is 10.6 Å². The smallest absolute Gasteiger partial charge is 0.272 e. The molecule has 6 nitrogen and oxygen atoms in total. The van der Waals surface area contributed by atoms with Crippen LogP contribution in [-0.2, 0) is 9.59 Å². The van der Waals surface area contributed by atoms with Crippen LogP contribution in [0.25, 0.3) is 16.8 Å². The first-order valence-electron chi connectivity index (χ1n) is 13.5. The summed E-state index contributed by atoms with van der Waals surface area (Å²) in [6.07, 6.45) is 1.63. The predicted molar refractivity (Wildman–Crippen MR) is 171 cm³/mol. The summed E-state index contributed by atoms with van der Waals surface area (Å²) in [6, 6.07) is 39.1. The molecule has 0 radical (unpaired) electrons. The number of carbonyl (C=O) groups is 3. The van der Waals surface area contributed by atoms with Crippen LogP contribution in [0.5, 0.6) is 0 Å². The number of anilines is 2. The van der Waals surface area contributed by atoms with Crippen LogP contribution in [0.2, 0.25) is 0 Å². The standard InChI is InChI=1S/C35H29N3O3S/c1-24(33(39)36-30-20-19-26-13-8-9-16-28(26)22-30)42-31-18-10-17-29(23-31)37-35(41)32(21-25-11-4-2-5-12-25)38-34(40)27-14-6-3-7-15-27/h2-24H,1H3,(H,36,39)(H,37,41)(H,38,40)/b32-21-. The highest BCUT2D eigenvalue weighted by atomic mass is 32.2. The Bertz CT molecular complexity index is 1750. The SMILES string of the molecule is CC(Sc1cccc(NC(=O)/C(=C/c2ccccc2)NC(=O)c2ccccc2)c1)C(=O)Nc1ccc2ccccc2c1. The number of benzene rings is 5. The molecule has 0 aliphatic heterocycles. The third-order valence-electron chi connectivity index (χ3n) is 6.43. The average Bonchev–Trinajstić information content (AvgIpc) is 3.01. The van der Waals surface area contributed by atoms with E-state index in [1.165, 1.54) is 11.8 Å². The molecule has 0 aliphatic carbocycles. The lowest BCUT2D eigenvalue weighted by Gasteiger charge is -2.14. The first kappa shape index (κ1) is 28.4. The van der Waals surface area contributed by atoms with Crippen molar-refractivity contribution in [3.8, 4) is 0 Å². The summed E-state index contributed by atoms with van der Waals surface area (Å²) in [5, 5.41) is 10.4. The molecular weight excluding hydrogens is 542 g/mol. The second-order valence-corrected chi connectivity index (χ2v) is 11.0. The third-order valence-corrected chi connectivity index (χ3v) is 7.52. The van der Waals surface area contributed by atoms with Gasteiger partial charge in [0.2, 0.25) is 5.91 Å². The highest BCUT2D eigenvalue weighted by Gasteiger charge is 2.17. The normalized spacial score (nSPS) is 11.9. The van der Waals surface area contributed by atoms with Gasteiger partial charge >= 0.3 is 0 Å². The molecule has 5 aromatic rings. The van der Waals surface area contributed by atoms with Gasteiger partial charge in [-0.3, -0.25) is 14.4 Å². The Morgan fingerprint density at radius 1 is 0.667 bits per heavy atom. The molecule has 0 spiro atoms. The molecular formula is C35H29N3O3S. The van der Waals surface area contributed by atoms with E-state index in [2.05, 4.69) is 16.0 Å². The topological polar surface area (TPSA) is 87.3 Å². The minimum Gasteiger partial charge on any atom is -0.325 e. The van der Waals surface area contributed by atoms with Crippen LogP contribution >= 0.6 is 11.8 Å². The van der Waals surface area contributed by atoms with Gasteiger partial charge in [-0.2, -0.15) is 0 Å². The van der Waals surface area contributed by atoms with Gasteiger partial charge in [-0.1, -0.05) is 84.9 Å². The summed E-state index contributed by atoms with van der Waals surface area (Å²) in [5.74, 6) is -0.975. The minimum atomic E-state index is -0.465. The zero-order valence-corrected chi connectivity index (χ0v) is 23.7. The maximum atomic E-state index is 13.4. The van der Waals surface area contributed by atoms with Gasteiger partial charge in [-0.25, -0.2) is 0 Å². The molecule has 0 saturated heterocycles. The Labute approximate surface area is 248 Å². The van der Waals surface area contributed by atoms with Gasteiger partial charge < -0.3 is 16.0 Å². The zero-order chi connectivity index (χ0) is 29.3. The second kappa shape index (κ2) is 13.5. The lowest BCUT2D eigenvalue weighted by molar-refractivity contribution is -0.115. The summed E-state index contributed by atoms with van der Waals surface area (Å²) in [7, 11) is 0. The first-order valence-corrected chi connectivity index (χ1v) is 14.3. The number of hydrogen-bond acceptors (Lipinski definition) is 4. The molecule has 42 heavy (non-hydrogen) atoms. The summed E-state index contributed by atoms with van der Waals surface area (Å²) in [4.78, 5) is 40.0. The van der Waals surface area contributed by atoms with Crippen molar-refractivity contribution in [1.82, 2.24) is 5.32 Å². The van der Waals surface area contributed by atoms with Crippen LogP contribution in [0.15, 0.2) is 138 Å². The van der Waals surface area contributed by atoms with Crippen molar-refractivity contribution in [2.24, 2.45) is 0 Å². The number of hydrogen-bond donors (Lipinski definition) is 3. The fourth-order valence-electron chi connectivity index (χ4n) is 4.27. The van der Waals surface area contributed by atoms with Crippen LogP contribution in [0.1, 0.15) is 22.8 Å². The van der Waals surface area contributed by atoms with Gasteiger partial charge in [-0.05, 0) is 71.8 Å². The lowest BCUT2D eigenvalue weighted by Crippen LogP contribution is -2.30. The van der Waals surface area contributed by atoms with Crippen LogP contribution in [0.3, 0.4) is 0 Å². The minimum absolute atomic E-state index is 0.108. The van der Waals surface area contributed by atoms with E-state index in [1.807, 2.05) is 104 Å². The van der Waals surface area contributed by atoms with E-state index in [9.17, 15) is 14.4 Å². The van der Waals surface area contributed by atoms with E-state index in [4.69, 9.17) is 0 Å². The summed E-state index contributed by atoms with van der Waals surface area (Å²) in [5.41, 5.74) is 2.60. The summed E-state index contributed by atoms with van der Waals surface area (Å²) < 4.78 is 0. The van der Waals surface area contributed by atoms with E-state index >= 15 is 0 Å². The Morgan fingerprint density at radius 2 is 1.33 bits per heavy atom. The van der Waals surface area contributed by atoms with Crippen molar-refractivity contribution in [2.45, 2.75) is 17.1 Å². The summed E-state index contributed by atoms with van der Waals surface area (Å²) >= 11 is 1.39. The quantitative estimate of drug-likeness (QED) is 0.127. The zero-order valence-electron chi connectivity index (χ0n) is 22.9. The molecule has 208 valence electrons. The van der Waals surface area contributed by atoms with Crippen molar-refractivity contribution in [1.29, 1.82) is 0 Å². The van der Waals surface area contributed by atoms with Crippen LogP contribution in [-0.4, -0.2) is 23.0 Å². The molecule has 0 aliphatic rings. The predicted octanol–water partition coefficient (Wildman–Crippen LogP) is 7.37. The van der Waals surface area contributed by atoms with Crippen molar-refractivity contribution in [3.05, 3.63) is 144 Å². The number of amides is 3. The van der Waals surface area contributed by atoms with E-state index in [0.717, 1.165) is 26.9 Å². The maximum Gasteiger partial charge on any atom is 0.272 e. The summed E-state index contributed by atoms with van der Waals surface area (Å²) in [6.45, 7) is 1.84. The molecule has 7 heteroatoms. The Kier molecular flexibility index (Phi) is 9.11. The van der Waals surface area contributed by atoms with Crippen LogP contribution in [0.4, 0.5) is 11.4 Å². The Morgan fingerprint density at radius 3 is 2.10 bits per heavy atom. The molecule has 0 bridgehead atoms. The third kappa shape index (κ3) is 7.53. The number of rotatable bonds is 9. The molecule has 0 aromatic heterocycles. The molecule has 3 N–H and O–H groups in total. The van der Waals surface area contributed by atoms with E-state index < -0.39 is 5.91 Å². The monoisotopic (exact) mass is 571 g/mol. The fourth-order valence-corrected chi connectivity index (χ4v) is 5.20. The number of thioether (sulfide) groups is 1. The van der Waals surface area contributed by atoms with E-state index in [0.29, 0.717) is 11.3 Å². The molecule has 0 heterocycles. The molecule has 5 aromatic carbocycles. The second-order valence-electron chi connectivity index (χ2n) is 9.58. The van der Waals surface area contributed by atoms with Gasteiger partial charge in [0.05, 0.1) is 5.25 Å². The Balaban J connectivity index is 1.26. The molecule has 1 unspecified atom stereocenters. The molecule has 0 fully saturated rings. The van der Waals surface area contributed by atoms with E-state index in [1.54, 1.807) is 36.4 Å². The van der Waals surface area contributed by atoms with Crippen molar-refractivity contribution < 1.29 is 14.4 Å². The van der Waals surface area contributed by atoms with Gasteiger partial charge in [0.25, 0.3) is 11.8 Å².